The van der Waals surface area contributed by atoms with E-state index in [1.165, 1.54) is 35.1 Å². The first-order valence-electron chi connectivity index (χ1n) is 9.59. The number of aromatic amines is 1. The molecular weight excluding hydrogens is 423 g/mol. The molecule has 0 fully saturated rings. The van der Waals surface area contributed by atoms with Crippen LogP contribution < -0.4 is 5.32 Å². The second-order valence-electron chi connectivity index (χ2n) is 7.10. The quantitative estimate of drug-likeness (QED) is 0.479. The van der Waals surface area contributed by atoms with Gasteiger partial charge in [-0.1, -0.05) is 54.6 Å². The Bertz CT molecular complexity index is 1190. The molecule has 0 saturated heterocycles. The zero-order valence-corrected chi connectivity index (χ0v) is 16.8. The summed E-state index contributed by atoms with van der Waals surface area (Å²) < 4.78 is 43.0. The van der Waals surface area contributed by atoms with Crippen LogP contribution >= 0.6 is 0 Å². The van der Waals surface area contributed by atoms with Crippen LogP contribution in [0.3, 0.4) is 0 Å². The van der Waals surface area contributed by atoms with E-state index in [1.807, 2.05) is 30.3 Å². The highest BCUT2D eigenvalue weighted by molar-refractivity contribution is 5.95. The first-order chi connectivity index (χ1) is 15.3. The summed E-state index contributed by atoms with van der Waals surface area (Å²) in [6.07, 6.45) is -3.07. The SMILES string of the molecule is Cn1ncc(C(=O)NC(c2ccc(-c3nn[nH]n3)cc2)C(F)(F)F)c1Cc1ccccc1. The van der Waals surface area contributed by atoms with Crippen molar-refractivity contribution in [2.75, 3.05) is 0 Å². The summed E-state index contributed by atoms with van der Waals surface area (Å²) in [5.74, 6) is -0.598. The Kier molecular flexibility index (Phi) is 5.71. The molecular formula is C21H18F3N7O. The number of alkyl halides is 3. The lowest BCUT2D eigenvalue weighted by molar-refractivity contribution is -0.155. The summed E-state index contributed by atoms with van der Waals surface area (Å²) in [4.78, 5) is 12.9. The molecule has 1 amide bonds. The van der Waals surface area contributed by atoms with Crippen LogP contribution in [0.15, 0.2) is 60.8 Å². The average Bonchev–Trinajstić information content (AvgIpc) is 3.43. The van der Waals surface area contributed by atoms with Crippen LogP contribution in [0, 0.1) is 0 Å². The molecule has 0 aliphatic rings. The molecule has 2 aromatic carbocycles. The topological polar surface area (TPSA) is 101 Å². The van der Waals surface area contributed by atoms with E-state index in [-0.39, 0.29) is 17.0 Å². The van der Waals surface area contributed by atoms with Gasteiger partial charge in [0.15, 0.2) is 6.04 Å². The Morgan fingerprint density at radius 3 is 2.47 bits per heavy atom. The Balaban J connectivity index is 1.59. The van der Waals surface area contributed by atoms with E-state index in [0.29, 0.717) is 17.7 Å². The highest BCUT2D eigenvalue weighted by Crippen LogP contribution is 2.34. The molecule has 164 valence electrons. The lowest BCUT2D eigenvalue weighted by Gasteiger charge is -2.22. The number of halogens is 3. The summed E-state index contributed by atoms with van der Waals surface area (Å²) >= 11 is 0. The number of hydrogen-bond donors (Lipinski definition) is 2. The molecule has 2 aromatic heterocycles. The molecule has 0 spiro atoms. The van der Waals surface area contributed by atoms with Crippen LogP contribution in [0.4, 0.5) is 13.2 Å². The number of nitrogens with one attached hydrogen (secondary N) is 2. The van der Waals surface area contributed by atoms with E-state index in [9.17, 15) is 18.0 Å². The number of nitrogens with zero attached hydrogens (tertiary/aromatic N) is 5. The molecule has 0 bridgehead atoms. The zero-order chi connectivity index (χ0) is 22.7. The van der Waals surface area contributed by atoms with E-state index in [2.05, 4.69) is 31.0 Å². The van der Waals surface area contributed by atoms with Crippen molar-refractivity contribution in [1.29, 1.82) is 0 Å². The fourth-order valence-corrected chi connectivity index (χ4v) is 3.32. The fraction of sp³-hybridized carbons (Fsp3) is 0.190. The molecule has 0 saturated carbocycles. The number of hydrogen-bond acceptors (Lipinski definition) is 5. The normalized spacial score (nSPS) is 12.5. The van der Waals surface area contributed by atoms with Crippen LogP contribution in [0.2, 0.25) is 0 Å². The van der Waals surface area contributed by atoms with Gasteiger partial charge in [-0.05, 0) is 16.3 Å². The third kappa shape index (κ3) is 4.51. The van der Waals surface area contributed by atoms with Crippen LogP contribution in [0.5, 0.6) is 0 Å². The van der Waals surface area contributed by atoms with Gasteiger partial charge in [-0.25, -0.2) is 0 Å². The lowest BCUT2D eigenvalue weighted by Crippen LogP contribution is -2.38. The van der Waals surface area contributed by atoms with Crippen molar-refractivity contribution >= 4 is 5.91 Å². The second-order valence-corrected chi connectivity index (χ2v) is 7.10. The van der Waals surface area contributed by atoms with Gasteiger partial charge in [-0.3, -0.25) is 9.48 Å². The van der Waals surface area contributed by atoms with Crippen LogP contribution in [0.1, 0.15) is 33.2 Å². The molecule has 8 nitrogen and oxygen atoms in total. The van der Waals surface area contributed by atoms with Crippen LogP contribution in [-0.2, 0) is 13.5 Å². The molecule has 4 aromatic rings. The number of carbonyl (C=O) groups excluding carboxylic acids is 1. The maximum absolute atomic E-state index is 13.8. The molecule has 1 atom stereocenters. The van der Waals surface area contributed by atoms with Gasteiger partial charge in [0.1, 0.15) is 0 Å². The van der Waals surface area contributed by atoms with Gasteiger partial charge in [0.2, 0.25) is 5.82 Å². The lowest BCUT2D eigenvalue weighted by atomic mass is 10.0. The van der Waals surface area contributed by atoms with Gasteiger partial charge >= 0.3 is 6.18 Å². The first kappa shape index (κ1) is 21.2. The van der Waals surface area contributed by atoms with Crippen LogP contribution in [-0.4, -0.2) is 42.5 Å². The molecule has 11 heteroatoms. The Hall–Kier alpha value is -4.02. The minimum atomic E-state index is -4.70. The number of tetrazole rings is 1. The van der Waals surface area contributed by atoms with Crippen molar-refractivity contribution in [2.24, 2.45) is 7.05 Å². The van der Waals surface area contributed by atoms with Crippen molar-refractivity contribution in [3.8, 4) is 11.4 Å². The van der Waals surface area contributed by atoms with Gasteiger partial charge < -0.3 is 5.32 Å². The number of aryl methyl sites for hydroxylation is 1. The van der Waals surface area contributed by atoms with Gasteiger partial charge in [-0.2, -0.15) is 23.5 Å². The maximum Gasteiger partial charge on any atom is 0.412 e. The maximum atomic E-state index is 13.8. The number of carbonyl (C=O) groups is 1. The minimum Gasteiger partial charge on any atom is -0.337 e. The van der Waals surface area contributed by atoms with Crippen LogP contribution in [0.25, 0.3) is 11.4 Å². The largest absolute Gasteiger partial charge is 0.412 e. The summed E-state index contributed by atoms with van der Waals surface area (Å²) in [5, 5.41) is 19.5. The van der Waals surface area contributed by atoms with Crippen molar-refractivity contribution in [3.63, 3.8) is 0 Å². The molecule has 2 heterocycles. The Morgan fingerprint density at radius 1 is 1.12 bits per heavy atom. The van der Waals surface area contributed by atoms with E-state index < -0.39 is 18.1 Å². The van der Waals surface area contributed by atoms with E-state index >= 15 is 0 Å². The molecule has 0 radical (unpaired) electrons. The highest BCUT2D eigenvalue weighted by Gasteiger charge is 2.42. The van der Waals surface area contributed by atoms with E-state index in [1.54, 1.807) is 7.05 Å². The predicted molar refractivity (Wildman–Crippen MR) is 108 cm³/mol. The smallest absolute Gasteiger partial charge is 0.337 e. The fourth-order valence-electron chi connectivity index (χ4n) is 3.32. The second kappa shape index (κ2) is 8.61. The minimum absolute atomic E-state index is 0.0917. The van der Waals surface area contributed by atoms with Crippen molar-refractivity contribution in [3.05, 3.63) is 83.2 Å². The number of benzene rings is 2. The summed E-state index contributed by atoms with van der Waals surface area (Å²) in [6, 6.07) is 12.5. The third-order valence-electron chi connectivity index (χ3n) is 4.97. The molecule has 2 N–H and O–H groups in total. The molecule has 1 unspecified atom stereocenters. The van der Waals surface area contributed by atoms with Crippen molar-refractivity contribution < 1.29 is 18.0 Å². The number of H-pyrrole nitrogens is 1. The van der Waals surface area contributed by atoms with Crippen molar-refractivity contribution in [2.45, 2.75) is 18.6 Å². The average molecular weight is 441 g/mol. The predicted octanol–water partition coefficient (Wildman–Crippen LogP) is 3.22. The van der Waals surface area contributed by atoms with Gasteiger partial charge in [-0.15, -0.1) is 10.2 Å². The Morgan fingerprint density at radius 2 is 1.84 bits per heavy atom. The molecule has 32 heavy (non-hydrogen) atoms. The summed E-state index contributed by atoms with van der Waals surface area (Å²) in [6.45, 7) is 0. The monoisotopic (exact) mass is 441 g/mol. The van der Waals surface area contributed by atoms with Gasteiger partial charge in [0.05, 0.1) is 17.5 Å². The molecule has 0 aliphatic heterocycles. The van der Waals surface area contributed by atoms with Gasteiger partial charge in [0.25, 0.3) is 5.91 Å². The van der Waals surface area contributed by atoms with E-state index in [4.69, 9.17) is 0 Å². The van der Waals surface area contributed by atoms with Crippen molar-refractivity contribution in [1.82, 2.24) is 35.7 Å². The standard InChI is InChI=1S/C21H18F3N7O/c1-31-17(11-13-5-3-2-4-6-13)16(12-25-31)20(32)26-18(21(22,23)24)14-7-9-15(10-8-14)19-27-29-30-28-19/h2-10,12,18H,11H2,1H3,(H,26,32)(H,27,28,29,30). The third-order valence-corrected chi connectivity index (χ3v) is 4.97. The highest BCUT2D eigenvalue weighted by atomic mass is 19.4. The zero-order valence-electron chi connectivity index (χ0n) is 16.8. The van der Waals surface area contributed by atoms with Gasteiger partial charge in [0, 0.05) is 19.0 Å². The summed E-state index contributed by atoms with van der Waals surface area (Å²) in [5.41, 5.74) is 1.89. The van der Waals surface area contributed by atoms with E-state index in [0.717, 1.165) is 5.56 Å². The number of amides is 1. The number of aromatic nitrogens is 6. The number of rotatable bonds is 6. The molecule has 4 rings (SSSR count). The summed E-state index contributed by atoms with van der Waals surface area (Å²) in [7, 11) is 1.65. The first-order valence-corrected chi connectivity index (χ1v) is 9.59. The molecule has 0 aliphatic carbocycles. The Labute approximate surface area is 180 Å².